The van der Waals surface area contributed by atoms with Gasteiger partial charge in [0.15, 0.2) is 0 Å². The molecule has 20 heavy (non-hydrogen) atoms. The van der Waals surface area contributed by atoms with Crippen molar-refractivity contribution in [1.82, 2.24) is 20.1 Å². The average molecular weight is 309 g/mol. The molecule has 0 saturated carbocycles. The zero-order chi connectivity index (χ0) is 12.7. The third-order valence-electron chi connectivity index (χ3n) is 3.88. The zero-order valence-electron chi connectivity index (χ0n) is 11.1. The first kappa shape index (κ1) is 13.9. The summed E-state index contributed by atoms with van der Waals surface area (Å²) in [5, 5.41) is 12.3. The number of halogens is 1. The molecule has 4 rings (SSSR count). The van der Waals surface area contributed by atoms with Gasteiger partial charge in [-0.15, -0.1) is 34.4 Å². The molecule has 0 spiro atoms. The maximum Gasteiger partial charge on any atom is 0.148 e. The summed E-state index contributed by atoms with van der Waals surface area (Å²) in [4.78, 5) is 1.33. The summed E-state index contributed by atoms with van der Waals surface area (Å²) in [6.07, 6.45) is 2.43. The van der Waals surface area contributed by atoms with Gasteiger partial charge in [0, 0.05) is 17.4 Å². The van der Waals surface area contributed by atoms with Crippen LogP contribution in [0.25, 0.3) is 5.69 Å². The molecule has 0 aliphatic carbocycles. The van der Waals surface area contributed by atoms with Crippen LogP contribution in [-0.4, -0.2) is 27.9 Å². The molecule has 2 aliphatic rings. The van der Waals surface area contributed by atoms with Crippen molar-refractivity contribution in [2.75, 3.05) is 13.1 Å². The van der Waals surface area contributed by atoms with Crippen molar-refractivity contribution in [3.05, 3.63) is 35.9 Å². The Kier molecular flexibility index (Phi) is 4.01. The van der Waals surface area contributed by atoms with Gasteiger partial charge in [-0.2, -0.15) is 0 Å². The summed E-state index contributed by atoms with van der Waals surface area (Å²) in [5.74, 6) is 3.63. The Morgan fingerprint density at radius 2 is 2.15 bits per heavy atom. The van der Waals surface area contributed by atoms with E-state index in [0.29, 0.717) is 5.92 Å². The minimum Gasteiger partial charge on any atom is -0.316 e. The normalized spacial score (nSPS) is 20.7. The predicted octanol–water partition coefficient (Wildman–Crippen LogP) is 2.76. The minimum atomic E-state index is 0. The van der Waals surface area contributed by atoms with Gasteiger partial charge in [0.1, 0.15) is 11.6 Å². The molecule has 3 heterocycles. The quantitative estimate of drug-likeness (QED) is 0.879. The molecule has 1 atom stereocenters. The molecule has 0 bridgehead atoms. The van der Waals surface area contributed by atoms with Crippen LogP contribution in [0.3, 0.4) is 0 Å². The van der Waals surface area contributed by atoms with Gasteiger partial charge < -0.3 is 5.32 Å². The number of benzene rings is 1. The highest BCUT2D eigenvalue weighted by molar-refractivity contribution is 7.98. The van der Waals surface area contributed by atoms with Crippen molar-refractivity contribution in [1.29, 1.82) is 0 Å². The van der Waals surface area contributed by atoms with Crippen LogP contribution in [-0.2, 0) is 5.75 Å². The van der Waals surface area contributed by atoms with Crippen LogP contribution in [0.1, 0.15) is 30.4 Å². The number of hydrogen-bond donors (Lipinski definition) is 1. The van der Waals surface area contributed by atoms with Gasteiger partial charge >= 0.3 is 0 Å². The van der Waals surface area contributed by atoms with Crippen LogP contribution in [0.15, 0.2) is 29.2 Å². The first-order valence-corrected chi connectivity index (χ1v) is 7.79. The van der Waals surface area contributed by atoms with Crippen LogP contribution < -0.4 is 5.32 Å². The summed E-state index contributed by atoms with van der Waals surface area (Å²) in [5.41, 5.74) is 1.25. The lowest BCUT2D eigenvalue weighted by molar-refractivity contribution is 0.441. The molecule has 1 saturated heterocycles. The highest BCUT2D eigenvalue weighted by Crippen LogP contribution is 2.37. The van der Waals surface area contributed by atoms with Crippen molar-refractivity contribution >= 4 is 24.2 Å². The Morgan fingerprint density at radius 1 is 1.25 bits per heavy atom. The van der Waals surface area contributed by atoms with E-state index < -0.39 is 0 Å². The molecule has 1 N–H and O–H groups in total. The van der Waals surface area contributed by atoms with E-state index in [4.69, 9.17) is 0 Å². The minimum absolute atomic E-state index is 0. The van der Waals surface area contributed by atoms with Gasteiger partial charge in [0.2, 0.25) is 0 Å². The zero-order valence-corrected chi connectivity index (χ0v) is 12.7. The van der Waals surface area contributed by atoms with E-state index in [-0.39, 0.29) is 12.4 Å². The maximum absolute atomic E-state index is 4.48. The fourth-order valence-corrected chi connectivity index (χ4v) is 3.88. The molecule has 6 heteroatoms. The second kappa shape index (κ2) is 5.76. The number of nitrogens with one attached hydrogen (secondary N) is 1. The Hall–Kier alpha value is -1.04. The van der Waals surface area contributed by atoms with Gasteiger partial charge in [-0.25, -0.2) is 0 Å². The summed E-state index contributed by atoms with van der Waals surface area (Å²) >= 11 is 1.85. The SMILES string of the molecule is Cl.c1ccc2c(c1)SCc1nnc(C3CCCNC3)n1-2. The van der Waals surface area contributed by atoms with Crippen LogP contribution in [0.2, 0.25) is 0 Å². The number of aromatic nitrogens is 3. The van der Waals surface area contributed by atoms with Crippen LogP contribution in [0.4, 0.5) is 0 Å². The van der Waals surface area contributed by atoms with Crippen LogP contribution in [0, 0.1) is 0 Å². The molecular weight excluding hydrogens is 292 g/mol. The first-order chi connectivity index (χ1) is 9.43. The van der Waals surface area contributed by atoms with E-state index in [0.717, 1.165) is 30.5 Å². The Bertz CT molecular complexity index is 607. The fourth-order valence-electron chi connectivity index (χ4n) is 2.93. The third kappa shape index (κ3) is 2.24. The summed E-state index contributed by atoms with van der Waals surface area (Å²) < 4.78 is 2.28. The van der Waals surface area contributed by atoms with E-state index in [2.05, 4.69) is 44.3 Å². The van der Waals surface area contributed by atoms with Gasteiger partial charge in [-0.3, -0.25) is 4.57 Å². The fraction of sp³-hybridized carbons (Fsp3) is 0.429. The van der Waals surface area contributed by atoms with Crippen molar-refractivity contribution < 1.29 is 0 Å². The Balaban J connectivity index is 0.00000121. The standard InChI is InChI=1S/C14H16N4S.ClH/c1-2-6-12-11(5-1)18-13(9-19-12)16-17-14(18)10-4-3-7-15-8-10;/h1-2,5-6,10,15H,3-4,7-9H2;1H. The maximum atomic E-state index is 4.48. The lowest BCUT2D eigenvalue weighted by atomic mass is 9.98. The Morgan fingerprint density at radius 3 is 3.00 bits per heavy atom. The average Bonchev–Trinajstić information content (AvgIpc) is 2.92. The van der Waals surface area contributed by atoms with Gasteiger partial charge in [0.25, 0.3) is 0 Å². The molecule has 0 amide bonds. The summed E-state index contributed by atoms with van der Waals surface area (Å²) in [6, 6.07) is 8.56. The van der Waals surface area contributed by atoms with Gasteiger partial charge in [-0.1, -0.05) is 12.1 Å². The highest BCUT2D eigenvalue weighted by atomic mass is 35.5. The van der Waals surface area contributed by atoms with E-state index in [9.17, 15) is 0 Å². The number of para-hydroxylation sites is 1. The van der Waals surface area contributed by atoms with Gasteiger partial charge in [0.05, 0.1) is 11.4 Å². The van der Waals surface area contributed by atoms with E-state index in [1.807, 2.05) is 11.8 Å². The molecule has 2 aliphatic heterocycles. The van der Waals surface area contributed by atoms with E-state index >= 15 is 0 Å². The van der Waals surface area contributed by atoms with Gasteiger partial charge in [-0.05, 0) is 31.5 Å². The molecule has 2 aromatic rings. The lowest BCUT2D eigenvalue weighted by Crippen LogP contribution is -2.30. The molecule has 1 fully saturated rings. The predicted molar refractivity (Wildman–Crippen MR) is 83.0 cm³/mol. The van der Waals surface area contributed by atoms with Crippen molar-refractivity contribution in [2.24, 2.45) is 0 Å². The molecule has 1 aromatic heterocycles. The summed E-state index contributed by atoms with van der Waals surface area (Å²) in [7, 11) is 0. The lowest BCUT2D eigenvalue weighted by Gasteiger charge is -2.25. The van der Waals surface area contributed by atoms with Crippen molar-refractivity contribution in [2.45, 2.75) is 29.4 Å². The number of rotatable bonds is 1. The highest BCUT2D eigenvalue weighted by Gasteiger charge is 2.27. The Labute approximate surface area is 128 Å². The number of piperidine rings is 1. The molecular formula is C14H17ClN4S. The number of hydrogen-bond acceptors (Lipinski definition) is 4. The van der Waals surface area contributed by atoms with Crippen molar-refractivity contribution in [3.8, 4) is 5.69 Å². The van der Waals surface area contributed by atoms with E-state index in [1.165, 1.54) is 23.4 Å². The molecule has 4 nitrogen and oxygen atoms in total. The smallest absolute Gasteiger partial charge is 0.148 e. The second-order valence-electron chi connectivity index (χ2n) is 5.11. The van der Waals surface area contributed by atoms with Crippen molar-refractivity contribution in [3.63, 3.8) is 0 Å². The summed E-state index contributed by atoms with van der Waals surface area (Å²) in [6.45, 7) is 2.15. The molecule has 0 radical (unpaired) electrons. The first-order valence-electron chi connectivity index (χ1n) is 6.80. The van der Waals surface area contributed by atoms with Crippen LogP contribution in [0.5, 0.6) is 0 Å². The topological polar surface area (TPSA) is 42.7 Å². The molecule has 1 unspecified atom stereocenters. The number of fused-ring (bicyclic) bond motifs is 3. The molecule has 1 aromatic carbocycles. The second-order valence-corrected chi connectivity index (χ2v) is 6.13. The third-order valence-corrected chi connectivity index (χ3v) is 4.94. The monoisotopic (exact) mass is 308 g/mol. The number of thioether (sulfide) groups is 1. The number of nitrogens with zero attached hydrogens (tertiary/aromatic N) is 3. The largest absolute Gasteiger partial charge is 0.316 e. The van der Waals surface area contributed by atoms with E-state index in [1.54, 1.807) is 0 Å². The molecule has 106 valence electrons. The van der Waals surface area contributed by atoms with Crippen LogP contribution >= 0.6 is 24.2 Å².